The van der Waals surface area contributed by atoms with Crippen molar-refractivity contribution >= 4 is 9.84 Å². The van der Waals surface area contributed by atoms with Crippen LogP contribution in [0.4, 0.5) is 0 Å². The van der Waals surface area contributed by atoms with Gasteiger partial charge < -0.3 is 5.32 Å². The van der Waals surface area contributed by atoms with E-state index in [1.54, 1.807) is 6.92 Å². The van der Waals surface area contributed by atoms with Crippen molar-refractivity contribution in [1.82, 2.24) is 5.32 Å². The second-order valence-electron chi connectivity index (χ2n) is 5.08. The maximum Gasteiger partial charge on any atom is 0.151 e. The normalized spacial score (nSPS) is 26.9. The fourth-order valence-corrected chi connectivity index (χ4v) is 3.17. The van der Waals surface area contributed by atoms with Gasteiger partial charge in [-0.2, -0.15) is 0 Å². The van der Waals surface area contributed by atoms with Crippen LogP contribution in [-0.4, -0.2) is 33.0 Å². The number of rotatable bonds is 6. The van der Waals surface area contributed by atoms with Crippen LogP contribution in [0, 0.1) is 11.8 Å². The number of hydrogen-bond donors (Lipinski definition) is 1. The third kappa shape index (κ3) is 5.30. The Labute approximate surface area is 99.9 Å². The summed E-state index contributed by atoms with van der Waals surface area (Å²) in [6.07, 6.45) is 5.30. The Morgan fingerprint density at radius 3 is 2.69 bits per heavy atom. The van der Waals surface area contributed by atoms with Gasteiger partial charge >= 0.3 is 0 Å². The highest BCUT2D eigenvalue weighted by atomic mass is 32.2. The van der Waals surface area contributed by atoms with Crippen LogP contribution in [0.3, 0.4) is 0 Å². The molecule has 0 aromatic carbocycles. The minimum absolute atomic E-state index is 0.259. The predicted molar refractivity (Wildman–Crippen MR) is 68.3 cm³/mol. The molecule has 0 aromatic rings. The zero-order valence-corrected chi connectivity index (χ0v) is 11.4. The lowest BCUT2D eigenvalue weighted by Crippen LogP contribution is -2.30. The van der Waals surface area contributed by atoms with E-state index in [2.05, 4.69) is 12.2 Å². The summed E-state index contributed by atoms with van der Waals surface area (Å²) in [4.78, 5) is 0. The van der Waals surface area contributed by atoms with Crippen molar-refractivity contribution in [2.45, 2.75) is 39.5 Å². The molecule has 96 valence electrons. The van der Waals surface area contributed by atoms with Gasteiger partial charge in [0.05, 0.1) is 5.75 Å². The van der Waals surface area contributed by atoms with Gasteiger partial charge in [0.15, 0.2) is 9.84 Å². The average molecular weight is 247 g/mol. The minimum atomic E-state index is -2.80. The molecule has 1 rings (SSSR count). The molecule has 2 unspecified atom stereocenters. The lowest BCUT2D eigenvalue weighted by atomic mass is 9.82. The number of sulfone groups is 1. The Morgan fingerprint density at radius 1 is 1.31 bits per heavy atom. The summed E-state index contributed by atoms with van der Waals surface area (Å²) < 4.78 is 22.5. The van der Waals surface area contributed by atoms with Crippen molar-refractivity contribution in [2.75, 3.05) is 24.6 Å². The van der Waals surface area contributed by atoms with E-state index in [1.807, 2.05) is 0 Å². The molecule has 2 atom stereocenters. The molecule has 1 fully saturated rings. The molecule has 4 heteroatoms. The van der Waals surface area contributed by atoms with E-state index < -0.39 is 9.84 Å². The lowest BCUT2D eigenvalue weighted by Gasteiger charge is -2.26. The molecule has 1 aliphatic carbocycles. The van der Waals surface area contributed by atoms with Crippen LogP contribution in [0.25, 0.3) is 0 Å². The Balaban J connectivity index is 2.11. The molecule has 3 nitrogen and oxygen atoms in total. The zero-order chi connectivity index (χ0) is 12.0. The first-order valence-electron chi connectivity index (χ1n) is 6.44. The van der Waals surface area contributed by atoms with Crippen LogP contribution in [-0.2, 0) is 9.84 Å². The molecule has 0 aromatic heterocycles. The topological polar surface area (TPSA) is 46.2 Å². The van der Waals surface area contributed by atoms with Crippen LogP contribution in [0.2, 0.25) is 0 Å². The first-order chi connectivity index (χ1) is 7.53. The minimum Gasteiger partial charge on any atom is -0.315 e. The average Bonchev–Trinajstić information content (AvgIpc) is 2.25. The van der Waals surface area contributed by atoms with E-state index in [0.717, 1.165) is 18.4 Å². The van der Waals surface area contributed by atoms with Gasteiger partial charge in [-0.25, -0.2) is 8.42 Å². The molecule has 0 bridgehead atoms. The first kappa shape index (κ1) is 14.0. The quantitative estimate of drug-likeness (QED) is 0.729. The maximum absolute atomic E-state index is 11.3. The van der Waals surface area contributed by atoms with Crippen molar-refractivity contribution in [1.29, 1.82) is 0 Å². The Kier molecular flexibility index (Phi) is 5.76. The predicted octanol–water partition coefficient (Wildman–Crippen LogP) is 1.84. The third-order valence-electron chi connectivity index (χ3n) is 3.51. The van der Waals surface area contributed by atoms with Gasteiger partial charge in [-0.15, -0.1) is 0 Å². The summed E-state index contributed by atoms with van der Waals surface area (Å²) in [5.41, 5.74) is 0. The Bertz CT molecular complexity index is 287. The van der Waals surface area contributed by atoms with Gasteiger partial charge in [-0.3, -0.25) is 0 Å². The second-order valence-corrected chi connectivity index (χ2v) is 7.55. The van der Waals surface area contributed by atoms with Gasteiger partial charge in [0.2, 0.25) is 0 Å². The van der Waals surface area contributed by atoms with Gasteiger partial charge in [0.1, 0.15) is 0 Å². The molecule has 1 saturated carbocycles. The monoisotopic (exact) mass is 247 g/mol. The van der Waals surface area contributed by atoms with E-state index in [-0.39, 0.29) is 11.5 Å². The van der Waals surface area contributed by atoms with Gasteiger partial charge in [-0.1, -0.05) is 26.7 Å². The molecule has 1 aliphatic rings. The first-order valence-corrected chi connectivity index (χ1v) is 8.26. The van der Waals surface area contributed by atoms with Crippen molar-refractivity contribution in [3.05, 3.63) is 0 Å². The van der Waals surface area contributed by atoms with Crippen LogP contribution in [0.5, 0.6) is 0 Å². The van der Waals surface area contributed by atoms with Gasteiger partial charge in [0, 0.05) is 12.3 Å². The van der Waals surface area contributed by atoms with Crippen LogP contribution in [0.1, 0.15) is 39.5 Å². The summed E-state index contributed by atoms with van der Waals surface area (Å²) >= 11 is 0. The van der Waals surface area contributed by atoms with E-state index in [4.69, 9.17) is 0 Å². The molecule has 16 heavy (non-hydrogen) atoms. The van der Waals surface area contributed by atoms with E-state index >= 15 is 0 Å². The summed E-state index contributed by atoms with van der Waals surface area (Å²) in [5.74, 6) is 2.15. The van der Waals surface area contributed by atoms with Crippen molar-refractivity contribution in [2.24, 2.45) is 11.8 Å². The number of nitrogens with one attached hydrogen (secondary N) is 1. The highest BCUT2D eigenvalue weighted by molar-refractivity contribution is 7.91. The highest BCUT2D eigenvalue weighted by Crippen LogP contribution is 2.27. The molecule has 0 radical (unpaired) electrons. The molecule has 0 aliphatic heterocycles. The molecule has 0 saturated heterocycles. The van der Waals surface area contributed by atoms with Crippen molar-refractivity contribution in [3.8, 4) is 0 Å². The Hall–Kier alpha value is -0.0900. The summed E-state index contributed by atoms with van der Waals surface area (Å²) in [7, 11) is -2.80. The molecular formula is C12H25NO2S. The standard InChI is InChI=1S/C12H25NO2S/c1-3-16(14,15)8-7-13-10-12-6-4-5-11(2)9-12/h11-13H,3-10H2,1-2H3. The lowest BCUT2D eigenvalue weighted by molar-refractivity contribution is 0.276. The van der Waals surface area contributed by atoms with Gasteiger partial charge in [0.25, 0.3) is 0 Å². The van der Waals surface area contributed by atoms with E-state index in [0.29, 0.717) is 6.54 Å². The SMILES string of the molecule is CCS(=O)(=O)CCNCC1CCCC(C)C1. The van der Waals surface area contributed by atoms with E-state index in [1.165, 1.54) is 25.7 Å². The molecule has 0 amide bonds. The fraction of sp³-hybridized carbons (Fsp3) is 1.00. The smallest absolute Gasteiger partial charge is 0.151 e. The number of hydrogen-bond acceptors (Lipinski definition) is 3. The molecule has 0 spiro atoms. The largest absolute Gasteiger partial charge is 0.315 e. The van der Waals surface area contributed by atoms with Crippen LogP contribution in [0.15, 0.2) is 0 Å². The Morgan fingerprint density at radius 2 is 2.06 bits per heavy atom. The molecule has 0 heterocycles. The third-order valence-corrected chi connectivity index (χ3v) is 5.21. The van der Waals surface area contributed by atoms with Crippen LogP contribution >= 0.6 is 0 Å². The van der Waals surface area contributed by atoms with Gasteiger partial charge in [-0.05, 0) is 31.2 Å². The fourth-order valence-electron chi connectivity index (χ4n) is 2.42. The van der Waals surface area contributed by atoms with E-state index in [9.17, 15) is 8.42 Å². The van der Waals surface area contributed by atoms with Crippen LogP contribution < -0.4 is 5.32 Å². The second kappa shape index (κ2) is 6.60. The maximum atomic E-state index is 11.3. The van der Waals surface area contributed by atoms with Crippen molar-refractivity contribution in [3.63, 3.8) is 0 Å². The zero-order valence-electron chi connectivity index (χ0n) is 10.5. The van der Waals surface area contributed by atoms with Crippen molar-refractivity contribution < 1.29 is 8.42 Å². The summed E-state index contributed by atoms with van der Waals surface area (Å²) in [6.45, 7) is 5.62. The highest BCUT2D eigenvalue weighted by Gasteiger charge is 2.18. The summed E-state index contributed by atoms with van der Waals surface area (Å²) in [5, 5.41) is 3.29. The summed E-state index contributed by atoms with van der Waals surface area (Å²) in [6, 6.07) is 0. The molecule has 1 N–H and O–H groups in total. The molecular weight excluding hydrogens is 222 g/mol.